The first-order chi connectivity index (χ1) is 15.5. The molecule has 8 nitrogen and oxygen atoms in total. The Morgan fingerprint density at radius 2 is 1.94 bits per heavy atom. The lowest BCUT2D eigenvalue weighted by Crippen LogP contribution is -2.51. The minimum Gasteiger partial charge on any atom is -0.467 e. The van der Waals surface area contributed by atoms with Gasteiger partial charge in [-0.25, -0.2) is 4.79 Å². The van der Waals surface area contributed by atoms with Crippen molar-refractivity contribution in [1.82, 2.24) is 15.2 Å². The van der Waals surface area contributed by atoms with Gasteiger partial charge >= 0.3 is 5.97 Å². The number of amides is 2. The molecule has 0 unspecified atom stereocenters. The summed E-state index contributed by atoms with van der Waals surface area (Å²) in [5.74, 6) is -1.10. The molecular formula is C24H33ClN4O4. The zero-order valence-corrected chi connectivity index (χ0v) is 19.7. The number of methoxy groups -OCH3 is 1. The lowest BCUT2D eigenvalue weighted by atomic mass is 10.1. The molecule has 1 aliphatic rings. The molecule has 2 heterocycles. The number of halogens is 1. The van der Waals surface area contributed by atoms with Crippen LogP contribution in [0.15, 0.2) is 42.6 Å². The summed E-state index contributed by atoms with van der Waals surface area (Å²) in [7, 11) is 1.29. The van der Waals surface area contributed by atoms with E-state index < -0.39 is 18.1 Å². The highest BCUT2D eigenvalue weighted by atomic mass is 35.5. The van der Waals surface area contributed by atoms with Gasteiger partial charge in [-0.3, -0.25) is 9.59 Å². The molecule has 0 fully saturated rings. The number of rotatable bonds is 5. The van der Waals surface area contributed by atoms with Gasteiger partial charge in [0.2, 0.25) is 11.8 Å². The Hall–Kier alpha value is -2.84. The second-order valence-electron chi connectivity index (χ2n) is 8.02. The van der Waals surface area contributed by atoms with Crippen molar-refractivity contribution >= 4 is 41.1 Å². The molecule has 180 valence electrons. The van der Waals surface area contributed by atoms with Crippen molar-refractivity contribution in [2.24, 2.45) is 5.73 Å². The van der Waals surface area contributed by atoms with Crippen molar-refractivity contribution < 1.29 is 19.1 Å². The van der Waals surface area contributed by atoms with Gasteiger partial charge in [-0.1, -0.05) is 30.4 Å². The van der Waals surface area contributed by atoms with Crippen LogP contribution < -0.4 is 16.4 Å². The smallest absolute Gasteiger partial charge is 0.328 e. The number of carbonyl (C=O) groups excluding carboxylic acids is 3. The van der Waals surface area contributed by atoms with E-state index in [4.69, 9.17) is 10.5 Å². The summed E-state index contributed by atoms with van der Waals surface area (Å²) in [5.41, 5.74) is 7.77. The number of fused-ring (bicyclic) bond motifs is 5. The van der Waals surface area contributed by atoms with Crippen molar-refractivity contribution in [3.05, 3.63) is 48.2 Å². The molecule has 33 heavy (non-hydrogen) atoms. The standard InChI is InChI=1S/C24H32N4O4.ClH/c1-32-24(31)20-10-5-7-15-28-16-17(18-8-2-3-11-21(18)28)12-13-22(29)26-19(23(30)27-20)9-4-6-14-25;/h2-3,5,7-8,11,16,19-20H,4,6,9-10,12-15,25H2,1H3,(H,26,29)(H,27,30);1H/b7-5+;/t19-,20+;/m1./s1. The monoisotopic (exact) mass is 476 g/mol. The number of unbranched alkanes of at least 4 members (excludes halogenated alkanes) is 1. The number of carbonyl (C=O) groups is 3. The summed E-state index contributed by atoms with van der Waals surface area (Å²) in [5, 5.41) is 6.72. The fourth-order valence-corrected chi connectivity index (χ4v) is 4.00. The van der Waals surface area contributed by atoms with Crippen LogP contribution in [-0.2, 0) is 32.1 Å². The number of hydrogen-bond acceptors (Lipinski definition) is 5. The van der Waals surface area contributed by atoms with Gasteiger partial charge in [-0.2, -0.15) is 0 Å². The van der Waals surface area contributed by atoms with Crippen molar-refractivity contribution in [3.63, 3.8) is 0 Å². The third-order valence-electron chi connectivity index (χ3n) is 5.73. The maximum Gasteiger partial charge on any atom is 0.328 e. The van der Waals surface area contributed by atoms with Gasteiger partial charge in [0.25, 0.3) is 0 Å². The second-order valence-corrected chi connectivity index (χ2v) is 8.02. The van der Waals surface area contributed by atoms with Gasteiger partial charge in [0.15, 0.2) is 0 Å². The number of para-hydroxylation sites is 1. The Bertz CT molecular complexity index is 988. The van der Waals surface area contributed by atoms with Crippen LogP contribution in [0.1, 0.15) is 37.7 Å². The van der Waals surface area contributed by atoms with E-state index in [-0.39, 0.29) is 30.6 Å². The van der Waals surface area contributed by atoms with E-state index in [1.165, 1.54) is 7.11 Å². The number of nitrogens with one attached hydrogen (secondary N) is 2. The lowest BCUT2D eigenvalue weighted by Gasteiger charge is -2.22. The van der Waals surface area contributed by atoms with Crippen LogP contribution in [0.2, 0.25) is 0 Å². The Morgan fingerprint density at radius 3 is 2.70 bits per heavy atom. The Balaban J connectivity index is 0.00000385. The SMILES string of the molecule is COC(=O)[C@@H]1C/C=C/Cn2cc(c3ccccc32)CCC(=O)N[C@H](CCCCN)C(=O)N1.Cl. The molecule has 3 rings (SSSR count). The molecular weight excluding hydrogens is 444 g/mol. The number of esters is 1. The minimum atomic E-state index is -0.820. The first-order valence-electron chi connectivity index (χ1n) is 11.1. The quantitative estimate of drug-likeness (QED) is 0.347. The molecule has 2 atom stereocenters. The van der Waals surface area contributed by atoms with Crippen LogP contribution in [0.3, 0.4) is 0 Å². The average Bonchev–Trinajstić information content (AvgIpc) is 3.15. The summed E-state index contributed by atoms with van der Waals surface area (Å²) >= 11 is 0. The number of nitrogens with zero attached hydrogens (tertiary/aromatic N) is 1. The van der Waals surface area contributed by atoms with Crippen molar-refractivity contribution in [3.8, 4) is 0 Å². The molecule has 9 heteroatoms. The van der Waals surface area contributed by atoms with Gasteiger partial charge < -0.3 is 25.7 Å². The Morgan fingerprint density at radius 1 is 1.15 bits per heavy atom. The summed E-state index contributed by atoms with van der Waals surface area (Å²) in [6.07, 6.45) is 8.97. The van der Waals surface area contributed by atoms with Crippen LogP contribution in [0.5, 0.6) is 0 Å². The fraction of sp³-hybridized carbons (Fsp3) is 0.458. The van der Waals surface area contributed by atoms with Crippen LogP contribution in [0.4, 0.5) is 0 Å². The highest BCUT2D eigenvalue weighted by Gasteiger charge is 2.26. The van der Waals surface area contributed by atoms with E-state index >= 15 is 0 Å². The summed E-state index contributed by atoms with van der Waals surface area (Å²) in [6.45, 7) is 1.14. The summed E-state index contributed by atoms with van der Waals surface area (Å²) in [6, 6.07) is 6.55. The molecule has 0 saturated carbocycles. The van der Waals surface area contributed by atoms with Crippen LogP contribution >= 0.6 is 12.4 Å². The predicted octanol–water partition coefficient (Wildman–Crippen LogP) is 2.23. The van der Waals surface area contributed by atoms with E-state index in [9.17, 15) is 14.4 Å². The summed E-state index contributed by atoms with van der Waals surface area (Å²) in [4.78, 5) is 37.8. The number of aromatic nitrogens is 1. The molecule has 0 radical (unpaired) electrons. The minimum absolute atomic E-state index is 0. The zero-order valence-electron chi connectivity index (χ0n) is 18.9. The fourth-order valence-electron chi connectivity index (χ4n) is 4.00. The maximum absolute atomic E-state index is 12.9. The molecule has 2 aromatic rings. The first-order valence-corrected chi connectivity index (χ1v) is 11.1. The van der Waals surface area contributed by atoms with Gasteiger partial charge in [-0.15, -0.1) is 12.4 Å². The Labute approximate surface area is 200 Å². The van der Waals surface area contributed by atoms with Crippen molar-refractivity contribution in [2.45, 2.75) is 57.2 Å². The zero-order chi connectivity index (χ0) is 22.9. The van der Waals surface area contributed by atoms with Gasteiger partial charge in [0.05, 0.1) is 7.11 Å². The molecule has 2 bridgehead atoms. The Kier molecular flexibility index (Phi) is 10.4. The molecule has 1 aliphatic heterocycles. The van der Waals surface area contributed by atoms with Gasteiger partial charge in [0.1, 0.15) is 12.1 Å². The average molecular weight is 477 g/mol. The third-order valence-corrected chi connectivity index (χ3v) is 5.73. The van der Waals surface area contributed by atoms with E-state index in [1.54, 1.807) is 0 Å². The maximum atomic E-state index is 12.9. The van der Waals surface area contributed by atoms with Crippen LogP contribution in [0, 0.1) is 0 Å². The number of nitrogens with two attached hydrogens (primary N) is 1. The number of hydrogen-bond donors (Lipinski definition) is 3. The molecule has 1 aromatic carbocycles. The molecule has 4 N–H and O–H groups in total. The van der Waals surface area contributed by atoms with Gasteiger partial charge in [0, 0.05) is 30.1 Å². The normalized spacial score (nSPS) is 20.5. The van der Waals surface area contributed by atoms with E-state index in [0.29, 0.717) is 38.8 Å². The molecule has 0 spiro atoms. The van der Waals surface area contributed by atoms with E-state index in [1.807, 2.05) is 24.3 Å². The lowest BCUT2D eigenvalue weighted by molar-refractivity contribution is -0.145. The van der Waals surface area contributed by atoms with Crippen LogP contribution in [-0.4, -0.2) is 48.1 Å². The third kappa shape index (κ3) is 7.07. The molecule has 0 saturated heterocycles. The number of ether oxygens (including phenoxy) is 1. The summed E-state index contributed by atoms with van der Waals surface area (Å²) < 4.78 is 6.99. The topological polar surface area (TPSA) is 115 Å². The number of benzene rings is 1. The van der Waals surface area contributed by atoms with Gasteiger partial charge in [-0.05, 0) is 50.3 Å². The van der Waals surface area contributed by atoms with E-state index in [2.05, 4.69) is 33.5 Å². The molecule has 0 aliphatic carbocycles. The highest BCUT2D eigenvalue weighted by Crippen LogP contribution is 2.23. The molecule has 1 aromatic heterocycles. The number of allylic oxidation sites excluding steroid dienone is 1. The number of aryl methyl sites for hydroxylation is 1. The predicted molar refractivity (Wildman–Crippen MR) is 130 cm³/mol. The van der Waals surface area contributed by atoms with Crippen molar-refractivity contribution in [2.75, 3.05) is 13.7 Å². The largest absolute Gasteiger partial charge is 0.467 e. The first kappa shape index (κ1) is 26.4. The second kappa shape index (κ2) is 13.0. The van der Waals surface area contributed by atoms with Crippen molar-refractivity contribution in [1.29, 1.82) is 0 Å². The van der Waals surface area contributed by atoms with Crippen LogP contribution in [0.25, 0.3) is 10.9 Å². The van der Waals surface area contributed by atoms with E-state index in [0.717, 1.165) is 22.9 Å². The molecule has 2 amide bonds. The highest BCUT2D eigenvalue weighted by molar-refractivity contribution is 5.91.